The Kier molecular flexibility index (Phi) is 5.12. The number of pyridine rings is 1. The Hall–Kier alpha value is -2.76. The number of alkyl halides is 3. The van der Waals surface area contributed by atoms with Gasteiger partial charge in [0.1, 0.15) is 5.82 Å². The normalized spacial score (nSPS) is 24.0. The standard InChI is InChI=1S/C18H18F3N5O3S/c19-18(20,21)11-2-5-15(24-10-11)25-17(27)26-12-3-4-13(26)9-14(8-12)30(28,29)16-22-6-1-7-23-16/h1-2,5-7,10,12-14H,3-4,8-9H2,(H,24,25,27). The molecule has 2 amide bonds. The number of urea groups is 1. The minimum absolute atomic E-state index is 0.000157. The van der Waals surface area contributed by atoms with Crippen LogP contribution in [0.5, 0.6) is 0 Å². The highest BCUT2D eigenvalue weighted by Crippen LogP contribution is 2.39. The Bertz CT molecular complexity index is 1020. The number of carbonyl (C=O) groups is 1. The van der Waals surface area contributed by atoms with E-state index in [4.69, 9.17) is 0 Å². The predicted octanol–water partition coefficient (Wildman–Crippen LogP) is 2.89. The zero-order valence-electron chi connectivity index (χ0n) is 15.6. The molecule has 2 aliphatic rings. The third-order valence-electron chi connectivity index (χ3n) is 5.49. The monoisotopic (exact) mass is 441 g/mol. The summed E-state index contributed by atoms with van der Waals surface area (Å²) < 4.78 is 63.6. The number of amides is 2. The van der Waals surface area contributed by atoms with Crippen molar-refractivity contribution in [1.82, 2.24) is 19.9 Å². The zero-order chi connectivity index (χ0) is 21.5. The van der Waals surface area contributed by atoms with Gasteiger partial charge in [0.25, 0.3) is 0 Å². The number of anilines is 1. The van der Waals surface area contributed by atoms with E-state index in [0.29, 0.717) is 19.0 Å². The minimum Gasteiger partial charge on any atom is -0.318 e. The Morgan fingerprint density at radius 1 is 1.07 bits per heavy atom. The molecule has 0 spiro atoms. The predicted molar refractivity (Wildman–Crippen MR) is 99.1 cm³/mol. The zero-order valence-corrected chi connectivity index (χ0v) is 16.4. The van der Waals surface area contributed by atoms with E-state index in [9.17, 15) is 26.4 Å². The lowest BCUT2D eigenvalue weighted by molar-refractivity contribution is -0.137. The first-order valence-corrected chi connectivity index (χ1v) is 10.8. The van der Waals surface area contributed by atoms with Crippen LogP contribution in [0.1, 0.15) is 31.2 Å². The summed E-state index contributed by atoms with van der Waals surface area (Å²) in [5.41, 5.74) is -0.908. The molecule has 2 aromatic rings. The van der Waals surface area contributed by atoms with Crippen LogP contribution in [0.15, 0.2) is 41.9 Å². The van der Waals surface area contributed by atoms with Crippen molar-refractivity contribution in [2.75, 3.05) is 5.32 Å². The molecule has 8 nitrogen and oxygen atoms in total. The summed E-state index contributed by atoms with van der Waals surface area (Å²) in [5, 5.41) is 1.60. The molecule has 4 heterocycles. The molecule has 12 heteroatoms. The molecule has 30 heavy (non-hydrogen) atoms. The summed E-state index contributed by atoms with van der Waals surface area (Å²) in [5.74, 6) is -0.000157. The molecular formula is C18H18F3N5O3S. The lowest BCUT2D eigenvalue weighted by Crippen LogP contribution is -2.51. The second-order valence-corrected chi connectivity index (χ2v) is 9.44. The summed E-state index contributed by atoms with van der Waals surface area (Å²) in [6, 6.07) is 2.39. The van der Waals surface area contributed by atoms with Crippen LogP contribution in [-0.2, 0) is 16.0 Å². The average Bonchev–Trinajstić information content (AvgIpc) is 2.98. The highest BCUT2D eigenvalue weighted by Gasteiger charge is 2.48. The van der Waals surface area contributed by atoms with Crippen molar-refractivity contribution in [3.05, 3.63) is 42.4 Å². The second-order valence-electron chi connectivity index (χ2n) is 7.32. The lowest BCUT2D eigenvalue weighted by atomic mass is 10.0. The van der Waals surface area contributed by atoms with Crippen LogP contribution in [0.4, 0.5) is 23.8 Å². The Morgan fingerprint density at radius 3 is 2.23 bits per heavy atom. The number of nitrogens with zero attached hydrogens (tertiary/aromatic N) is 4. The van der Waals surface area contributed by atoms with Crippen molar-refractivity contribution >= 4 is 21.7 Å². The van der Waals surface area contributed by atoms with Crippen molar-refractivity contribution in [3.8, 4) is 0 Å². The van der Waals surface area contributed by atoms with Gasteiger partial charge >= 0.3 is 12.2 Å². The number of halogens is 3. The first-order valence-electron chi connectivity index (χ1n) is 9.30. The van der Waals surface area contributed by atoms with E-state index in [-0.39, 0.29) is 35.9 Å². The number of fused-ring (bicyclic) bond motifs is 2. The number of hydrogen-bond donors (Lipinski definition) is 1. The second kappa shape index (κ2) is 7.49. The van der Waals surface area contributed by atoms with Crippen molar-refractivity contribution in [2.24, 2.45) is 0 Å². The van der Waals surface area contributed by atoms with Crippen molar-refractivity contribution < 1.29 is 26.4 Å². The van der Waals surface area contributed by atoms with Gasteiger partial charge in [0, 0.05) is 30.7 Å². The molecule has 1 N–H and O–H groups in total. The van der Waals surface area contributed by atoms with Crippen molar-refractivity contribution in [1.29, 1.82) is 0 Å². The van der Waals surface area contributed by atoms with Crippen molar-refractivity contribution in [2.45, 2.75) is 54.3 Å². The third-order valence-corrected chi connectivity index (χ3v) is 7.47. The minimum atomic E-state index is -4.51. The van der Waals surface area contributed by atoms with E-state index in [2.05, 4.69) is 20.3 Å². The van der Waals surface area contributed by atoms with E-state index >= 15 is 0 Å². The van der Waals surface area contributed by atoms with Crippen LogP contribution in [0.25, 0.3) is 0 Å². The highest BCUT2D eigenvalue weighted by atomic mass is 32.2. The number of carbonyl (C=O) groups excluding carboxylic acids is 1. The molecule has 2 saturated heterocycles. The largest absolute Gasteiger partial charge is 0.417 e. The summed E-state index contributed by atoms with van der Waals surface area (Å²) in [6.07, 6.45) is 0.700. The maximum Gasteiger partial charge on any atom is 0.417 e. The summed E-state index contributed by atoms with van der Waals surface area (Å²) in [4.78, 5) is 25.6. The topological polar surface area (TPSA) is 105 Å². The molecule has 2 atom stereocenters. The highest BCUT2D eigenvalue weighted by molar-refractivity contribution is 7.91. The van der Waals surface area contributed by atoms with Crippen LogP contribution in [0.2, 0.25) is 0 Å². The van der Waals surface area contributed by atoms with Crippen LogP contribution >= 0.6 is 0 Å². The van der Waals surface area contributed by atoms with Crippen LogP contribution in [-0.4, -0.2) is 51.6 Å². The number of hydrogen-bond acceptors (Lipinski definition) is 6. The fourth-order valence-electron chi connectivity index (χ4n) is 4.10. The number of rotatable bonds is 3. The SMILES string of the molecule is O=C(Nc1ccc(C(F)(F)F)cn1)N1C2CCC1CC(S(=O)(=O)c1ncccn1)C2. The molecule has 2 unspecified atom stereocenters. The van der Waals surface area contributed by atoms with E-state index in [1.165, 1.54) is 18.5 Å². The summed E-state index contributed by atoms with van der Waals surface area (Å²) in [6.45, 7) is 0. The van der Waals surface area contributed by atoms with Crippen LogP contribution in [0.3, 0.4) is 0 Å². The Labute approximate surface area is 170 Å². The van der Waals surface area contributed by atoms with E-state index in [1.54, 1.807) is 4.90 Å². The smallest absolute Gasteiger partial charge is 0.318 e. The Morgan fingerprint density at radius 2 is 1.70 bits per heavy atom. The maximum atomic E-state index is 12.8. The van der Waals surface area contributed by atoms with Crippen LogP contribution < -0.4 is 5.32 Å². The molecular weight excluding hydrogens is 423 g/mol. The number of nitrogens with one attached hydrogen (secondary N) is 1. The van der Waals surface area contributed by atoms with Gasteiger partial charge in [0.05, 0.1) is 10.8 Å². The number of sulfone groups is 1. The molecule has 4 rings (SSSR count). The van der Waals surface area contributed by atoms with Gasteiger partial charge in [-0.2, -0.15) is 13.2 Å². The third kappa shape index (κ3) is 3.83. The van der Waals surface area contributed by atoms with Gasteiger partial charge in [0.2, 0.25) is 15.0 Å². The molecule has 160 valence electrons. The molecule has 0 radical (unpaired) electrons. The van der Waals surface area contributed by atoms with Crippen LogP contribution in [0, 0.1) is 0 Å². The first-order chi connectivity index (χ1) is 14.2. The van der Waals surface area contributed by atoms with Gasteiger partial charge in [0.15, 0.2) is 0 Å². The quantitative estimate of drug-likeness (QED) is 0.735. The van der Waals surface area contributed by atoms with Gasteiger partial charge in [-0.15, -0.1) is 0 Å². The fraction of sp³-hybridized carbons (Fsp3) is 0.444. The summed E-state index contributed by atoms with van der Waals surface area (Å²) in [7, 11) is -3.71. The lowest BCUT2D eigenvalue weighted by Gasteiger charge is -2.38. The molecule has 0 aliphatic carbocycles. The van der Waals surface area contributed by atoms with E-state index in [0.717, 1.165) is 12.1 Å². The maximum absolute atomic E-state index is 12.8. The molecule has 2 aromatic heterocycles. The van der Waals surface area contributed by atoms with Gasteiger partial charge in [-0.05, 0) is 43.9 Å². The van der Waals surface area contributed by atoms with Gasteiger partial charge < -0.3 is 4.90 Å². The van der Waals surface area contributed by atoms with Gasteiger partial charge in [-0.1, -0.05) is 0 Å². The molecule has 0 saturated carbocycles. The molecule has 2 fully saturated rings. The molecule has 2 aliphatic heterocycles. The fourth-order valence-corrected chi connectivity index (χ4v) is 5.77. The number of aromatic nitrogens is 3. The Balaban J connectivity index is 1.46. The first kappa shape index (κ1) is 20.5. The average molecular weight is 441 g/mol. The van der Waals surface area contributed by atoms with E-state index < -0.39 is 32.9 Å². The van der Waals surface area contributed by atoms with Crippen molar-refractivity contribution in [3.63, 3.8) is 0 Å². The van der Waals surface area contributed by atoms with Gasteiger partial charge in [-0.25, -0.2) is 28.2 Å². The number of piperidine rings is 1. The van der Waals surface area contributed by atoms with Gasteiger partial charge in [-0.3, -0.25) is 5.32 Å². The molecule has 2 bridgehead atoms. The summed E-state index contributed by atoms with van der Waals surface area (Å²) >= 11 is 0. The van der Waals surface area contributed by atoms with E-state index in [1.807, 2.05) is 0 Å². The molecule has 0 aromatic carbocycles.